The number of carbonyl (C=O) groups is 5. The van der Waals surface area contributed by atoms with Gasteiger partial charge in [0.25, 0.3) is 0 Å². The van der Waals surface area contributed by atoms with Gasteiger partial charge in [-0.15, -0.1) is 0 Å². The lowest BCUT2D eigenvalue weighted by Gasteiger charge is -2.60. The molecule has 0 aromatic heterocycles. The van der Waals surface area contributed by atoms with Gasteiger partial charge in [-0.25, -0.2) is 4.79 Å². The van der Waals surface area contributed by atoms with Crippen molar-refractivity contribution in [3.05, 3.63) is 11.6 Å². The smallest absolute Gasteiger partial charge is 0.328 e. The molecule has 0 bridgehead atoms. The molecule has 1 amide bonds. The number of nitrogens with zero attached hydrogens (tertiary/aromatic N) is 1. The summed E-state index contributed by atoms with van der Waals surface area (Å²) in [4.78, 5) is 63.8. The van der Waals surface area contributed by atoms with Gasteiger partial charge in [-0.1, -0.05) is 19.4 Å². The highest BCUT2D eigenvalue weighted by molar-refractivity contribution is 5.92. The molecule has 5 rings (SSSR count). The second-order valence-corrected chi connectivity index (χ2v) is 13.5. The van der Waals surface area contributed by atoms with E-state index in [-0.39, 0.29) is 67.6 Å². The van der Waals surface area contributed by atoms with Crippen LogP contribution in [0.1, 0.15) is 78.1 Å². The summed E-state index contributed by atoms with van der Waals surface area (Å²) in [6.07, 6.45) is 3.39. The first-order valence-electron chi connectivity index (χ1n) is 15.1. The minimum absolute atomic E-state index is 0.00254. The Kier molecular flexibility index (Phi) is 8.17. The van der Waals surface area contributed by atoms with Gasteiger partial charge in [0.15, 0.2) is 12.4 Å². The third-order valence-corrected chi connectivity index (χ3v) is 11.5. The number of hydrogen-bond acceptors (Lipinski definition) is 10. The number of amides is 1. The van der Waals surface area contributed by atoms with Crippen LogP contribution < -0.4 is 0 Å². The second-order valence-electron chi connectivity index (χ2n) is 13.5. The van der Waals surface area contributed by atoms with Crippen molar-refractivity contribution < 1.29 is 48.8 Å². The van der Waals surface area contributed by atoms with Crippen LogP contribution in [0.15, 0.2) is 11.6 Å². The Morgan fingerprint density at radius 3 is 2.52 bits per heavy atom. The normalized spacial score (nSPS) is 40.9. The van der Waals surface area contributed by atoms with Crippen molar-refractivity contribution in [2.24, 2.45) is 28.6 Å². The molecule has 0 spiro atoms. The summed E-state index contributed by atoms with van der Waals surface area (Å²) in [6.45, 7) is 3.33. The fourth-order valence-corrected chi connectivity index (χ4v) is 9.29. The fourth-order valence-electron chi connectivity index (χ4n) is 9.29. The van der Waals surface area contributed by atoms with E-state index in [0.29, 0.717) is 19.3 Å². The van der Waals surface area contributed by atoms with Crippen molar-refractivity contribution in [3.8, 4) is 0 Å². The van der Waals surface area contributed by atoms with Gasteiger partial charge in [-0.2, -0.15) is 0 Å². The van der Waals surface area contributed by atoms with Crippen LogP contribution in [-0.4, -0.2) is 93.7 Å². The molecule has 3 saturated carbocycles. The maximum absolute atomic E-state index is 13.5. The van der Waals surface area contributed by atoms with Gasteiger partial charge in [0, 0.05) is 31.2 Å². The Morgan fingerprint density at radius 1 is 1.07 bits per heavy atom. The maximum atomic E-state index is 13.5. The van der Waals surface area contributed by atoms with Crippen LogP contribution >= 0.6 is 0 Å². The number of Topliss-reactive ketones (excluding diaryl/α,β-unsaturated/α-hetero) is 1. The Balaban J connectivity index is 1.20. The van der Waals surface area contributed by atoms with Crippen LogP contribution in [0.25, 0.3) is 0 Å². The molecule has 11 nitrogen and oxygen atoms in total. The molecule has 0 aromatic rings. The number of likely N-dealkylation sites (tertiary alicyclic amines) is 1. The van der Waals surface area contributed by atoms with E-state index in [0.717, 1.165) is 18.4 Å². The van der Waals surface area contributed by atoms with E-state index in [2.05, 4.69) is 6.92 Å². The molecule has 5 aliphatic rings. The minimum atomic E-state index is -1.77. The van der Waals surface area contributed by atoms with Gasteiger partial charge < -0.3 is 29.7 Å². The lowest BCUT2D eigenvalue weighted by atomic mass is 9.45. The highest BCUT2D eigenvalue weighted by atomic mass is 16.5. The zero-order valence-electron chi connectivity index (χ0n) is 24.7. The van der Waals surface area contributed by atoms with E-state index in [9.17, 15) is 39.3 Å². The summed E-state index contributed by atoms with van der Waals surface area (Å²) >= 11 is 0. The largest absolute Gasteiger partial charge is 0.467 e. The lowest BCUT2D eigenvalue weighted by Crippen LogP contribution is -2.62. The number of fused-ring (bicyclic) bond motifs is 5. The Hall–Kier alpha value is -2.63. The standard InChI is InChI=1S/C31H43NO10/c1-29-10-8-18(33)12-17(29)4-5-20-21-9-11-31(40,30(21,2)14-23(35)27(20)29)24(36)16-42-26(38)7-6-25(37)32-15-19(34)13-22(32)28(39)41-3/h12,19-23,27,34-35,40H,4-11,13-16H2,1-3H3/t19-,20-,21+,22-,23+,27-,29-,30-,31-/m0/s1. The molecule has 3 N–H and O–H groups in total. The highest BCUT2D eigenvalue weighted by Crippen LogP contribution is 2.67. The quantitative estimate of drug-likeness (QED) is 0.368. The summed E-state index contributed by atoms with van der Waals surface area (Å²) in [6, 6.07) is -0.916. The molecule has 1 saturated heterocycles. The number of aliphatic hydroxyl groups excluding tert-OH is 2. The molecule has 42 heavy (non-hydrogen) atoms. The number of aliphatic hydroxyl groups is 3. The van der Waals surface area contributed by atoms with Gasteiger partial charge >= 0.3 is 11.9 Å². The first-order chi connectivity index (χ1) is 19.7. The Bertz CT molecular complexity index is 1200. The molecule has 0 radical (unpaired) electrons. The molecule has 232 valence electrons. The zero-order chi connectivity index (χ0) is 30.6. The number of β-amino-alcohol motifs (C(OH)–C–C–N with tert-alkyl or cyclic N) is 1. The van der Waals surface area contributed by atoms with Gasteiger partial charge in [0.1, 0.15) is 11.6 Å². The van der Waals surface area contributed by atoms with Gasteiger partial charge in [-0.3, -0.25) is 19.2 Å². The number of ketones is 2. The predicted molar refractivity (Wildman–Crippen MR) is 146 cm³/mol. The Morgan fingerprint density at radius 2 is 1.81 bits per heavy atom. The SMILES string of the molecule is COC(=O)[C@@H]1C[C@H](O)CN1C(=O)CCC(=O)OCC(=O)[C@@]1(O)CC[C@@H]2[C@@H]3CCC4=CC(=O)CC[C@]4(C)[C@@H]3[C@H](O)C[C@@]21C. The number of rotatable bonds is 7. The molecule has 9 atom stereocenters. The van der Waals surface area contributed by atoms with E-state index >= 15 is 0 Å². The average Bonchev–Trinajstić information content (AvgIpc) is 3.47. The van der Waals surface area contributed by atoms with Crippen molar-refractivity contribution >= 4 is 29.4 Å². The van der Waals surface area contributed by atoms with E-state index in [1.54, 1.807) is 6.08 Å². The van der Waals surface area contributed by atoms with Crippen molar-refractivity contribution in [2.75, 3.05) is 20.3 Å². The first-order valence-corrected chi connectivity index (χ1v) is 15.1. The van der Waals surface area contributed by atoms with Crippen molar-refractivity contribution in [1.82, 2.24) is 4.90 Å². The van der Waals surface area contributed by atoms with Crippen LogP contribution in [0.5, 0.6) is 0 Å². The molecular weight excluding hydrogens is 546 g/mol. The van der Waals surface area contributed by atoms with Crippen LogP contribution in [0.4, 0.5) is 0 Å². The summed E-state index contributed by atoms with van der Waals surface area (Å²) in [7, 11) is 1.19. The summed E-state index contributed by atoms with van der Waals surface area (Å²) in [5.74, 6) is -2.37. The maximum Gasteiger partial charge on any atom is 0.328 e. The van der Waals surface area contributed by atoms with Crippen LogP contribution in [-0.2, 0) is 33.4 Å². The average molecular weight is 590 g/mol. The van der Waals surface area contributed by atoms with E-state index in [1.165, 1.54) is 12.0 Å². The summed E-state index contributed by atoms with van der Waals surface area (Å²) < 4.78 is 9.90. The van der Waals surface area contributed by atoms with Crippen LogP contribution in [0.2, 0.25) is 0 Å². The summed E-state index contributed by atoms with van der Waals surface area (Å²) in [5, 5.41) is 33.2. The first kappa shape index (κ1) is 30.8. The highest BCUT2D eigenvalue weighted by Gasteiger charge is 2.68. The van der Waals surface area contributed by atoms with Gasteiger partial charge in [0.2, 0.25) is 11.7 Å². The third kappa shape index (κ3) is 4.91. The third-order valence-electron chi connectivity index (χ3n) is 11.5. The van der Waals surface area contributed by atoms with Crippen molar-refractivity contribution in [3.63, 3.8) is 0 Å². The molecule has 1 aliphatic heterocycles. The van der Waals surface area contributed by atoms with Crippen molar-refractivity contribution in [1.29, 1.82) is 0 Å². The zero-order valence-corrected chi connectivity index (χ0v) is 24.7. The topological polar surface area (TPSA) is 168 Å². The van der Waals surface area contributed by atoms with E-state index in [4.69, 9.17) is 9.47 Å². The monoisotopic (exact) mass is 589 g/mol. The Labute approximate surface area is 245 Å². The molecule has 0 aromatic carbocycles. The number of ether oxygens (including phenoxy) is 2. The molecule has 1 heterocycles. The van der Waals surface area contributed by atoms with Gasteiger partial charge in [0.05, 0.1) is 25.7 Å². The number of carbonyl (C=O) groups excluding carboxylic acids is 5. The lowest BCUT2D eigenvalue weighted by molar-refractivity contribution is -0.184. The number of methoxy groups -OCH3 is 1. The second kappa shape index (κ2) is 11.1. The minimum Gasteiger partial charge on any atom is -0.467 e. The van der Waals surface area contributed by atoms with E-state index < -0.39 is 59.5 Å². The number of hydrogen-bond donors (Lipinski definition) is 3. The molecule has 4 aliphatic carbocycles. The van der Waals surface area contributed by atoms with Crippen molar-refractivity contribution in [2.45, 2.75) is 102 Å². The van der Waals surface area contributed by atoms with Crippen LogP contribution in [0, 0.1) is 28.6 Å². The number of esters is 2. The molecular formula is C31H43NO10. The fraction of sp³-hybridized carbons (Fsp3) is 0.774. The van der Waals surface area contributed by atoms with Crippen LogP contribution in [0.3, 0.4) is 0 Å². The predicted octanol–water partition coefficient (Wildman–Crippen LogP) is 1.25. The number of allylic oxidation sites excluding steroid dienone is 1. The van der Waals surface area contributed by atoms with Gasteiger partial charge in [-0.05, 0) is 67.8 Å². The molecule has 0 unspecified atom stereocenters. The molecule has 11 heteroatoms. The van der Waals surface area contributed by atoms with E-state index in [1.807, 2.05) is 6.92 Å². The summed E-state index contributed by atoms with van der Waals surface area (Å²) in [5.41, 5.74) is -1.83. The molecule has 4 fully saturated rings.